The number of nitro benzene ring substituents is 1. The van der Waals surface area contributed by atoms with Gasteiger partial charge in [0.15, 0.2) is 0 Å². The van der Waals surface area contributed by atoms with E-state index in [4.69, 9.17) is 23.2 Å². The molecule has 0 fully saturated rings. The SMILES string of the molecule is CCCCNC(=O)C(Cc1ccccc1)N(Cc1c(Cl)cccc1Cl)C(=O)CN(c1ccc([N+](=O)[O-])cc1)S(=O)(=O)c1ccccc1. The van der Waals surface area contributed by atoms with Crippen LogP contribution in [0.3, 0.4) is 0 Å². The van der Waals surface area contributed by atoms with Crippen molar-refractivity contribution < 1.29 is 22.9 Å². The lowest BCUT2D eigenvalue weighted by molar-refractivity contribution is -0.384. The Bertz CT molecular complexity index is 1770. The molecule has 1 N–H and O–H groups in total. The minimum absolute atomic E-state index is 0.0236. The molecule has 246 valence electrons. The molecule has 0 aromatic heterocycles. The molecular formula is C34H34Cl2N4O6S. The van der Waals surface area contributed by atoms with Gasteiger partial charge in [0.25, 0.3) is 15.7 Å². The first-order chi connectivity index (χ1) is 22.5. The van der Waals surface area contributed by atoms with Crippen LogP contribution in [-0.2, 0) is 32.6 Å². The van der Waals surface area contributed by atoms with Crippen molar-refractivity contribution in [3.63, 3.8) is 0 Å². The molecule has 4 aromatic carbocycles. The van der Waals surface area contributed by atoms with E-state index < -0.39 is 39.3 Å². The summed E-state index contributed by atoms with van der Waals surface area (Å²) >= 11 is 13.1. The molecule has 13 heteroatoms. The Balaban J connectivity index is 1.83. The summed E-state index contributed by atoms with van der Waals surface area (Å²) in [6.45, 7) is 1.44. The highest BCUT2D eigenvalue weighted by molar-refractivity contribution is 7.92. The highest BCUT2D eigenvalue weighted by Gasteiger charge is 2.35. The topological polar surface area (TPSA) is 130 Å². The number of sulfonamides is 1. The lowest BCUT2D eigenvalue weighted by Gasteiger charge is -2.34. The van der Waals surface area contributed by atoms with E-state index in [1.807, 2.05) is 37.3 Å². The van der Waals surface area contributed by atoms with Crippen LogP contribution in [0.1, 0.15) is 30.9 Å². The van der Waals surface area contributed by atoms with Crippen molar-refractivity contribution in [3.8, 4) is 0 Å². The maximum atomic E-state index is 14.5. The number of carbonyl (C=O) groups excluding carboxylic acids is 2. The monoisotopic (exact) mass is 696 g/mol. The molecular weight excluding hydrogens is 663 g/mol. The third-order valence-electron chi connectivity index (χ3n) is 7.45. The van der Waals surface area contributed by atoms with Gasteiger partial charge in [-0.1, -0.05) is 91.1 Å². The molecule has 0 radical (unpaired) electrons. The minimum Gasteiger partial charge on any atom is -0.354 e. The van der Waals surface area contributed by atoms with Crippen LogP contribution in [0.15, 0.2) is 108 Å². The summed E-state index contributed by atoms with van der Waals surface area (Å²) in [5.41, 5.74) is 0.932. The zero-order chi connectivity index (χ0) is 34.0. The highest BCUT2D eigenvalue weighted by Crippen LogP contribution is 2.29. The molecule has 0 saturated heterocycles. The summed E-state index contributed by atoms with van der Waals surface area (Å²) in [4.78, 5) is 40.3. The van der Waals surface area contributed by atoms with Gasteiger partial charge in [0.2, 0.25) is 11.8 Å². The first kappa shape index (κ1) is 35.4. The number of halogens is 2. The highest BCUT2D eigenvalue weighted by atomic mass is 35.5. The molecule has 1 atom stereocenters. The predicted molar refractivity (Wildman–Crippen MR) is 183 cm³/mol. The van der Waals surface area contributed by atoms with Gasteiger partial charge in [0, 0.05) is 47.3 Å². The molecule has 0 bridgehead atoms. The lowest BCUT2D eigenvalue weighted by Crippen LogP contribution is -2.53. The van der Waals surface area contributed by atoms with Gasteiger partial charge < -0.3 is 10.2 Å². The van der Waals surface area contributed by atoms with Crippen LogP contribution in [0.25, 0.3) is 0 Å². The summed E-state index contributed by atoms with van der Waals surface area (Å²) in [6, 6.07) is 25.3. The van der Waals surface area contributed by atoms with Crippen molar-refractivity contribution >= 4 is 56.4 Å². The average molecular weight is 698 g/mol. The van der Waals surface area contributed by atoms with E-state index in [0.717, 1.165) is 34.8 Å². The molecule has 0 aliphatic carbocycles. The van der Waals surface area contributed by atoms with E-state index >= 15 is 0 Å². The third-order valence-corrected chi connectivity index (χ3v) is 9.95. The van der Waals surface area contributed by atoms with Crippen LogP contribution >= 0.6 is 23.2 Å². The number of nitrogens with zero attached hydrogens (tertiary/aromatic N) is 3. The Kier molecular flexibility index (Phi) is 12.4. The standard InChI is InChI=1S/C34H34Cl2N4O6S/c1-2-3-21-37-34(42)32(22-25-11-6-4-7-12-25)38(23-29-30(35)15-10-16-31(29)36)33(41)24-39(26-17-19-27(20-18-26)40(43)44)47(45,46)28-13-8-5-9-14-28/h4-20,32H,2-3,21-24H2,1H3,(H,37,42). The number of nitrogens with one attached hydrogen (secondary N) is 1. The summed E-state index contributed by atoms with van der Waals surface area (Å²) in [5.74, 6) is -1.14. The first-order valence-corrected chi connectivity index (χ1v) is 17.1. The molecule has 1 unspecified atom stereocenters. The number of nitro groups is 1. The fourth-order valence-electron chi connectivity index (χ4n) is 4.90. The summed E-state index contributed by atoms with van der Waals surface area (Å²) < 4.78 is 29.0. The number of non-ortho nitro benzene ring substituents is 1. The van der Waals surface area contributed by atoms with E-state index in [2.05, 4.69) is 5.32 Å². The summed E-state index contributed by atoms with van der Waals surface area (Å²) in [7, 11) is -4.36. The predicted octanol–water partition coefficient (Wildman–Crippen LogP) is 6.65. The van der Waals surface area contributed by atoms with Gasteiger partial charge in [0.1, 0.15) is 12.6 Å². The maximum absolute atomic E-state index is 14.5. The second kappa shape index (κ2) is 16.4. The van der Waals surface area contributed by atoms with E-state index in [9.17, 15) is 28.1 Å². The number of anilines is 1. The van der Waals surface area contributed by atoms with Crippen molar-refractivity contribution in [1.29, 1.82) is 0 Å². The molecule has 2 amide bonds. The number of benzene rings is 4. The van der Waals surface area contributed by atoms with Gasteiger partial charge in [-0.3, -0.25) is 24.0 Å². The van der Waals surface area contributed by atoms with Gasteiger partial charge in [-0.15, -0.1) is 0 Å². The zero-order valence-electron chi connectivity index (χ0n) is 25.6. The molecule has 0 aliphatic heterocycles. The summed E-state index contributed by atoms with van der Waals surface area (Å²) in [6.07, 6.45) is 1.68. The van der Waals surface area contributed by atoms with Crippen LogP contribution in [-0.4, -0.2) is 49.2 Å². The van der Waals surface area contributed by atoms with Crippen LogP contribution in [0.5, 0.6) is 0 Å². The molecule has 47 heavy (non-hydrogen) atoms. The fourth-order valence-corrected chi connectivity index (χ4v) is 6.86. The number of carbonyl (C=O) groups is 2. The minimum atomic E-state index is -4.36. The van der Waals surface area contributed by atoms with Gasteiger partial charge in [-0.2, -0.15) is 0 Å². The van der Waals surface area contributed by atoms with Crippen LogP contribution in [0, 0.1) is 10.1 Å². The number of hydrogen-bond donors (Lipinski definition) is 1. The molecule has 0 saturated carbocycles. The van der Waals surface area contributed by atoms with Gasteiger partial charge in [0.05, 0.1) is 15.5 Å². The second-order valence-corrected chi connectivity index (χ2v) is 13.3. The molecule has 0 spiro atoms. The van der Waals surface area contributed by atoms with E-state index in [0.29, 0.717) is 12.1 Å². The van der Waals surface area contributed by atoms with E-state index in [-0.39, 0.29) is 39.3 Å². The average Bonchev–Trinajstić information content (AvgIpc) is 3.07. The fraction of sp³-hybridized carbons (Fsp3) is 0.235. The van der Waals surface area contributed by atoms with Gasteiger partial charge in [-0.05, 0) is 48.4 Å². The number of hydrogen-bond acceptors (Lipinski definition) is 6. The van der Waals surface area contributed by atoms with Crippen molar-refractivity contribution in [2.24, 2.45) is 0 Å². The first-order valence-electron chi connectivity index (χ1n) is 14.9. The van der Waals surface area contributed by atoms with Crippen LogP contribution in [0.2, 0.25) is 10.0 Å². The molecule has 4 aromatic rings. The molecule has 0 aliphatic rings. The Hall–Kier alpha value is -4.45. The van der Waals surface area contributed by atoms with E-state index in [1.165, 1.54) is 29.2 Å². The van der Waals surface area contributed by atoms with Crippen molar-refractivity contribution in [1.82, 2.24) is 10.2 Å². The number of unbranched alkanes of at least 4 members (excludes halogenated alkanes) is 1. The maximum Gasteiger partial charge on any atom is 0.269 e. The summed E-state index contributed by atoms with van der Waals surface area (Å²) in [5, 5.41) is 14.8. The Labute approximate surface area is 284 Å². The Morgan fingerprint density at radius 1 is 0.872 bits per heavy atom. The number of rotatable bonds is 15. The van der Waals surface area contributed by atoms with Gasteiger partial charge >= 0.3 is 0 Å². The molecule has 0 heterocycles. The lowest BCUT2D eigenvalue weighted by atomic mass is 10.0. The van der Waals surface area contributed by atoms with Crippen LogP contribution < -0.4 is 9.62 Å². The van der Waals surface area contributed by atoms with E-state index in [1.54, 1.807) is 36.4 Å². The van der Waals surface area contributed by atoms with Crippen LogP contribution in [0.4, 0.5) is 11.4 Å². The van der Waals surface area contributed by atoms with Crippen molar-refractivity contribution in [3.05, 3.63) is 134 Å². The van der Waals surface area contributed by atoms with Crippen molar-refractivity contribution in [2.75, 3.05) is 17.4 Å². The second-order valence-electron chi connectivity index (χ2n) is 10.7. The largest absolute Gasteiger partial charge is 0.354 e. The Morgan fingerprint density at radius 2 is 1.47 bits per heavy atom. The third kappa shape index (κ3) is 9.09. The van der Waals surface area contributed by atoms with Gasteiger partial charge in [-0.25, -0.2) is 8.42 Å². The Morgan fingerprint density at radius 3 is 2.04 bits per heavy atom. The van der Waals surface area contributed by atoms with Crippen molar-refractivity contribution in [2.45, 2.75) is 43.7 Å². The quantitative estimate of drug-likeness (QED) is 0.0841. The zero-order valence-corrected chi connectivity index (χ0v) is 27.9. The molecule has 4 rings (SSSR count). The number of amides is 2. The molecule has 10 nitrogen and oxygen atoms in total. The normalized spacial score (nSPS) is 11.8. The smallest absolute Gasteiger partial charge is 0.269 e.